The van der Waals surface area contributed by atoms with E-state index in [2.05, 4.69) is 15.6 Å². The predicted octanol–water partition coefficient (Wildman–Crippen LogP) is -3.97. The van der Waals surface area contributed by atoms with Gasteiger partial charge in [-0.1, -0.05) is 0 Å². The molecule has 0 rings (SSSR count). The molecule has 3 amide bonds. The molecule has 0 aliphatic heterocycles. The zero-order valence-corrected chi connectivity index (χ0v) is 15.9. The molecule has 0 saturated carbocycles. The molecule has 0 aliphatic carbocycles. The summed E-state index contributed by atoms with van der Waals surface area (Å²) in [6, 6.07) is -3.69. The summed E-state index contributed by atoms with van der Waals surface area (Å²) in [5.74, 6) is -5.22. The second-order valence-electron chi connectivity index (χ2n) is 6.06. The van der Waals surface area contributed by atoms with Crippen LogP contribution in [0.25, 0.3) is 0 Å². The highest BCUT2D eigenvalue weighted by atomic mass is 16.4. The maximum Gasteiger partial charge on any atom is 0.326 e. The van der Waals surface area contributed by atoms with Crippen LogP contribution >= 0.6 is 0 Å². The van der Waals surface area contributed by atoms with Crippen molar-refractivity contribution in [3.63, 3.8) is 0 Å². The van der Waals surface area contributed by atoms with Crippen LogP contribution in [0.2, 0.25) is 0 Å². The van der Waals surface area contributed by atoms with E-state index in [4.69, 9.17) is 27.4 Å². The number of carbonyl (C=O) groups excluding carboxylic acids is 3. The van der Waals surface area contributed by atoms with Crippen LogP contribution in [-0.2, 0) is 24.0 Å². The topological polar surface area (TPSA) is 252 Å². The Hall–Kier alpha value is -3.42. The Balaban J connectivity index is 4.35. The average molecular weight is 417 g/mol. The van der Waals surface area contributed by atoms with Crippen LogP contribution in [0, 0.1) is 0 Å². The van der Waals surface area contributed by atoms with Crippen LogP contribution < -0.4 is 33.2 Å². The van der Waals surface area contributed by atoms with Crippen molar-refractivity contribution >= 4 is 35.6 Å². The first-order valence-electron chi connectivity index (χ1n) is 8.57. The molecule has 0 fully saturated rings. The molecule has 0 saturated heterocycles. The van der Waals surface area contributed by atoms with Crippen molar-refractivity contribution in [3.05, 3.63) is 0 Å². The Morgan fingerprint density at radius 3 is 2.17 bits per heavy atom. The van der Waals surface area contributed by atoms with E-state index >= 15 is 0 Å². The minimum Gasteiger partial charge on any atom is -0.481 e. The van der Waals surface area contributed by atoms with Gasteiger partial charge in [0, 0.05) is 6.54 Å². The highest BCUT2D eigenvalue weighted by Crippen LogP contribution is 1.96. The Labute approximate surface area is 166 Å². The Kier molecular flexibility index (Phi) is 11.4. The number of nitrogens with one attached hydrogen (secondary N) is 3. The summed E-state index contributed by atoms with van der Waals surface area (Å²) >= 11 is 0. The van der Waals surface area contributed by atoms with Crippen molar-refractivity contribution in [1.29, 1.82) is 0 Å². The fourth-order valence-corrected chi connectivity index (χ4v) is 1.98. The van der Waals surface area contributed by atoms with Gasteiger partial charge in [0.1, 0.15) is 12.1 Å². The van der Waals surface area contributed by atoms with Crippen molar-refractivity contribution < 1.29 is 34.2 Å². The van der Waals surface area contributed by atoms with Crippen molar-refractivity contribution in [3.8, 4) is 0 Å². The molecule has 0 aromatic heterocycles. The fourth-order valence-electron chi connectivity index (χ4n) is 1.98. The van der Waals surface area contributed by atoms with Gasteiger partial charge in [-0.25, -0.2) is 4.79 Å². The molecule has 11 N–H and O–H groups in total. The van der Waals surface area contributed by atoms with Crippen LogP contribution in [0.4, 0.5) is 0 Å². The van der Waals surface area contributed by atoms with E-state index in [1.165, 1.54) is 6.92 Å². The van der Waals surface area contributed by atoms with Gasteiger partial charge in [0.25, 0.3) is 0 Å². The van der Waals surface area contributed by atoms with Gasteiger partial charge in [-0.3, -0.25) is 24.2 Å². The molecule has 14 nitrogen and oxygen atoms in total. The number of carbonyl (C=O) groups is 5. The van der Waals surface area contributed by atoms with Crippen LogP contribution in [0.3, 0.4) is 0 Å². The summed E-state index contributed by atoms with van der Waals surface area (Å²) in [5.41, 5.74) is 16.0. The summed E-state index contributed by atoms with van der Waals surface area (Å²) in [7, 11) is 0. The van der Waals surface area contributed by atoms with Gasteiger partial charge in [-0.05, 0) is 19.8 Å². The van der Waals surface area contributed by atoms with Crippen molar-refractivity contribution in [1.82, 2.24) is 16.0 Å². The van der Waals surface area contributed by atoms with Gasteiger partial charge >= 0.3 is 11.9 Å². The number of nitrogens with two attached hydrogens (primary N) is 3. The van der Waals surface area contributed by atoms with Gasteiger partial charge in [-0.15, -0.1) is 0 Å². The number of aliphatic carboxylic acids is 2. The largest absolute Gasteiger partial charge is 0.481 e. The lowest BCUT2D eigenvalue weighted by Crippen LogP contribution is -2.53. The predicted molar refractivity (Wildman–Crippen MR) is 100 cm³/mol. The van der Waals surface area contributed by atoms with Crippen LogP contribution in [0.15, 0.2) is 4.99 Å². The second-order valence-corrected chi connectivity index (χ2v) is 6.06. The van der Waals surface area contributed by atoms with E-state index in [-0.39, 0.29) is 12.4 Å². The van der Waals surface area contributed by atoms with Crippen molar-refractivity contribution in [2.24, 2.45) is 22.2 Å². The van der Waals surface area contributed by atoms with Gasteiger partial charge in [0.15, 0.2) is 5.96 Å². The molecule has 0 aliphatic rings. The lowest BCUT2D eigenvalue weighted by atomic mass is 10.1. The number of hydrogen-bond acceptors (Lipinski definition) is 7. The molecule has 0 bridgehead atoms. The minimum atomic E-state index is -1.64. The number of nitrogens with zero attached hydrogens (tertiary/aromatic N) is 1. The summed E-state index contributed by atoms with van der Waals surface area (Å²) in [4.78, 5) is 60.8. The molecule has 3 atom stereocenters. The Morgan fingerprint density at radius 2 is 1.66 bits per heavy atom. The number of carboxylic acid groups (broad SMARTS) is 2. The van der Waals surface area contributed by atoms with Gasteiger partial charge in [0.2, 0.25) is 17.7 Å². The molecule has 14 heteroatoms. The zero-order chi connectivity index (χ0) is 22.6. The van der Waals surface area contributed by atoms with Crippen LogP contribution in [0.5, 0.6) is 0 Å². The number of carboxylic acids is 2. The molecule has 3 unspecified atom stereocenters. The number of hydrogen-bond donors (Lipinski definition) is 8. The van der Waals surface area contributed by atoms with Gasteiger partial charge in [-0.2, -0.15) is 0 Å². The molecule has 164 valence electrons. The third-order valence-corrected chi connectivity index (χ3v) is 3.49. The molecule has 0 aromatic carbocycles. The van der Waals surface area contributed by atoms with Crippen LogP contribution in [0.1, 0.15) is 26.2 Å². The summed E-state index contributed by atoms with van der Waals surface area (Å²) in [6.07, 6.45) is -0.0843. The quantitative estimate of drug-likeness (QED) is 0.0819. The summed E-state index contributed by atoms with van der Waals surface area (Å²) in [6.45, 7) is 1.11. The molecule has 29 heavy (non-hydrogen) atoms. The maximum absolute atomic E-state index is 11.9. The zero-order valence-electron chi connectivity index (χ0n) is 15.9. The normalized spacial score (nSPS) is 13.3. The van der Waals surface area contributed by atoms with E-state index in [0.717, 1.165) is 0 Å². The standard InChI is InChI=1S/C15H27N7O7/c1-7(12(26)22-9(14(28)29)5-11(24)25)21-10(23)6-20-13(27)8(16)3-2-4-19-15(17)18/h7-9H,2-6,16H2,1H3,(H,20,27)(H,21,23)(H,22,26)(H,24,25)(H,28,29)(H4,17,18,19). The first kappa shape index (κ1) is 25.6. The number of amides is 3. The molecular formula is C15H27N7O7. The van der Waals surface area contributed by atoms with E-state index in [9.17, 15) is 24.0 Å². The SMILES string of the molecule is CC(NC(=O)CNC(=O)C(N)CCCN=C(N)N)C(=O)NC(CC(=O)O)C(=O)O. The lowest BCUT2D eigenvalue weighted by Gasteiger charge is -2.18. The van der Waals surface area contributed by atoms with E-state index in [1.54, 1.807) is 0 Å². The first-order valence-corrected chi connectivity index (χ1v) is 8.57. The molecule has 0 radical (unpaired) electrons. The summed E-state index contributed by atoms with van der Waals surface area (Å²) in [5, 5.41) is 24.1. The number of aliphatic imine (C=N–C) groups is 1. The second kappa shape index (κ2) is 12.9. The molecule has 0 aromatic rings. The highest BCUT2D eigenvalue weighted by Gasteiger charge is 2.26. The van der Waals surface area contributed by atoms with Gasteiger partial charge < -0.3 is 43.4 Å². The van der Waals surface area contributed by atoms with E-state index in [1.807, 2.05) is 5.32 Å². The smallest absolute Gasteiger partial charge is 0.326 e. The molecule has 0 spiro atoms. The Morgan fingerprint density at radius 1 is 1.03 bits per heavy atom. The van der Waals surface area contributed by atoms with Crippen molar-refractivity contribution in [2.45, 2.75) is 44.3 Å². The third kappa shape index (κ3) is 11.8. The fraction of sp³-hybridized carbons (Fsp3) is 0.600. The van der Waals surface area contributed by atoms with Gasteiger partial charge in [0.05, 0.1) is 19.0 Å². The highest BCUT2D eigenvalue weighted by molar-refractivity contribution is 5.93. The molecular weight excluding hydrogens is 390 g/mol. The molecule has 0 heterocycles. The van der Waals surface area contributed by atoms with E-state index < -0.39 is 60.8 Å². The van der Waals surface area contributed by atoms with Crippen LogP contribution in [-0.4, -0.2) is 77.0 Å². The summed E-state index contributed by atoms with van der Waals surface area (Å²) < 4.78 is 0. The monoisotopic (exact) mass is 417 g/mol. The van der Waals surface area contributed by atoms with Crippen molar-refractivity contribution in [2.75, 3.05) is 13.1 Å². The average Bonchev–Trinajstić information content (AvgIpc) is 2.61. The number of guanidine groups is 1. The number of rotatable bonds is 13. The van der Waals surface area contributed by atoms with E-state index in [0.29, 0.717) is 13.0 Å². The third-order valence-electron chi connectivity index (χ3n) is 3.49. The minimum absolute atomic E-state index is 0.0736. The lowest BCUT2D eigenvalue weighted by molar-refractivity contribution is -0.147. The Bertz CT molecular complexity index is 649. The first-order chi connectivity index (χ1) is 13.4. The maximum atomic E-state index is 11.9.